The first kappa shape index (κ1) is 13.6. The van der Waals surface area contributed by atoms with Crippen LogP contribution in [0.2, 0.25) is 5.02 Å². The molecular formula is C13H15ClO3. The van der Waals surface area contributed by atoms with Gasteiger partial charge in [-0.05, 0) is 30.7 Å². The number of hydrogen-bond acceptors (Lipinski definition) is 3. The molecule has 0 saturated carbocycles. The molecule has 1 rings (SSSR count). The summed E-state index contributed by atoms with van der Waals surface area (Å²) in [6.45, 7) is 2.65. The average Bonchev–Trinajstić information content (AvgIpc) is 2.34. The molecule has 1 aromatic carbocycles. The first-order valence-electron chi connectivity index (χ1n) is 5.35. The van der Waals surface area contributed by atoms with Crippen LogP contribution in [0, 0.1) is 0 Å². The van der Waals surface area contributed by atoms with E-state index in [-0.39, 0.29) is 0 Å². The zero-order chi connectivity index (χ0) is 12.7. The fraction of sp³-hybridized carbons (Fsp3) is 0.308. The van der Waals surface area contributed by atoms with Gasteiger partial charge in [-0.15, -0.1) is 0 Å². The van der Waals surface area contributed by atoms with Crippen molar-refractivity contribution in [3.63, 3.8) is 0 Å². The summed E-state index contributed by atoms with van der Waals surface area (Å²) in [5.41, 5.74) is 0.761. The first-order chi connectivity index (χ1) is 8.17. The largest absolute Gasteiger partial charge is 0.493 e. The van der Waals surface area contributed by atoms with E-state index in [4.69, 9.17) is 16.3 Å². The number of hydrogen-bond donors (Lipinski definition) is 0. The smallest absolute Gasteiger partial charge is 0.330 e. The number of carbonyl (C=O) groups is 1. The van der Waals surface area contributed by atoms with Gasteiger partial charge in [-0.3, -0.25) is 0 Å². The molecule has 0 N–H and O–H groups in total. The van der Waals surface area contributed by atoms with Gasteiger partial charge in [0.25, 0.3) is 0 Å². The topological polar surface area (TPSA) is 35.5 Å². The van der Waals surface area contributed by atoms with Crippen LogP contribution in [0.15, 0.2) is 24.3 Å². The molecule has 0 atom stereocenters. The standard InChI is InChI=1S/C13H15ClO3/c1-3-8-17-12-6-5-11(14)9-10(12)4-7-13(15)16-2/h4-7,9H,3,8H2,1-2H3/b7-4+. The second-order valence-electron chi connectivity index (χ2n) is 3.39. The van der Waals surface area contributed by atoms with E-state index >= 15 is 0 Å². The SMILES string of the molecule is CCCOc1ccc(Cl)cc1/C=C/C(=O)OC. The average molecular weight is 255 g/mol. The number of esters is 1. The molecule has 0 fully saturated rings. The van der Waals surface area contributed by atoms with Crippen LogP contribution in [0.25, 0.3) is 6.08 Å². The van der Waals surface area contributed by atoms with Crippen LogP contribution < -0.4 is 4.74 Å². The molecule has 0 spiro atoms. The summed E-state index contributed by atoms with van der Waals surface area (Å²) in [4.78, 5) is 11.0. The molecule has 92 valence electrons. The number of halogens is 1. The van der Waals surface area contributed by atoms with Crippen LogP contribution in [0.1, 0.15) is 18.9 Å². The van der Waals surface area contributed by atoms with Gasteiger partial charge < -0.3 is 9.47 Å². The molecule has 0 bridgehead atoms. The first-order valence-corrected chi connectivity index (χ1v) is 5.73. The maximum Gasteiger partial charge on any atom is 0.330 e. The number of carbonyl (C=O) groups excluding carboxylic acids is 1. The Kier molecular flexibility index (Phi) is 5.57. The van der Waals surface area contributed by atoms with E-state index in [1.54, 1.807) is 24.3 Å². The summed E-state index contributed by atoms with van der Waals surface area (Å²) in [6, 6.07) is 5.28. The Balaban J connectivity index is 2.90. The minimum Gasteiger partial charge on any atom is -0.493 e. The summed E-state index contributed by atoms with van der Waals surface area (Å²) in [5, 5.41) is 0.596. The minimum atomic E-state index is -0.411. The van der Waals surface area contributed by atoms with Crippen molar-refractivity contribution >= 4 is 23.6 Å². The van der Waals surface area contributed by atoms with E-state index in [0.29, 0.717) is 17.4 Å². The van der Waals surface area contributed by atoms with Crippen molar-refractivity contribution in [3.05, 3.63) is 34.9 Å². The third-order valence-electron chi connectivity index (χ3n) is 2.03. The molecule has 4 heteroatoms. The minimum absolute atomic E-state index is 0.411. The molecule has 1 aromatic rings. The normalized spacial score (nSPS) is 10.5. The lowest BCUT2D eigenvalue weighted by Gasteiger charge is -2.08. The molecule has 0 unspecified atom stereocenters. The van der Waals surface area contributed by atoms with Gasteiger partial charge in [0.1, 0.15) is 5.75 Å². The van der Waals surface area contributed by atoms with Crippen LogP contribution in [0.5, 0.6) is 5.75 Å². The maximum atomic E-state index is 11.0. The van der Waals surface area contributed by atoms with Crippen LogP contribution in [0.3, 0.4) is 0 Å². The molecule has 17 heavy (non-hydrogen) atoms. The van der Waals surface area contributed by atoms with Crippen LogP contribution in [0.4, 0.5) is 0 Å². The summed E-state index contributed by atoms with van der Waals surface area (Å²) in [6.07, 6.45) is 3.88. The fourth-order valence-electron chi connectivity index (χ4n) is 1.22. The number of rotatable bonds is 5. The van der Waals surface area contributed by atoms with E-state index in [9.17, 15) is 4.79 Å². The highest BCUT2D eigenvalue weighted by Crippen LogP contribution is 2.24. The number of ether oxygens (including phenoxy) is 2. The highest BCUT2D eigenvalue weighted by molar-refractivity contribution is 6.30. The van der Waals surface area contributed by atoms with E-state index in [1.165, 1.54) is 13.2 Å². The monoisotopic (exact) mass is 254 g/mol. The van der Waals surface area contributed by atoms with Crippen LogP contribution >= 0.6 is 11.6 Å². The third kappa shape index (κ3) is 4.49. The summed E-state index contributed by atoms with van der Waals surface area (Å²) in [7, 11) is 1.33. The van der Waals surface area contributed by atoms with E-state index < -0.39 is 5.97 Å². The lowest BCUT2D eigenvalue weighted by molar-refractivity contribution is -0.134. The molecular weight excluding hydrogens is 240 g/mol. The molecule has 0 aliphatic heterocycles. The van der Waals surface area contributed by atoms with Crippen molar-refractivity contribution in [1.29, 1.82) is 0 Å². The third-order valence-corrected chi connectivity index (χ3v) is 2.27. The predicted molar refractivity (Wildman–Crippen MR) is 68.3 cm³/mol. The molecule has 0 radical (unpaired) electrons. The van der Waals surface area contributed by atoms with Gasteiger partial charge in [-0.25, -0.2) is 4.79 Å². The molecule has 0 heterocycles. The quantitative estimate of drug-likeness (QED) is 0.597. The van der Waals surface area contributed by atoms with Gasteiger partial charge >= 0.3 is 5.97 Å². The second-order valence-corrected chi connectivity index (χ2v) is 3.82. The molecule has 0 aromatic heterocycles. The van der Waals surface area contributed by atoms with Gasteiger partial charge in [0, 0.05) is 16.7 Å². The molecule has 0 aliphatic carbocycles. The lowest BCUT2D eigenvalue weighted by Crippen LogP contribution is -1.97. The van der Waals surface area contributed by atoms with Gasteiger partial charge in [-0.2, -0.15) is 0 Å². The molecule has 0 aliphatic rings. The van der Waals surface area contributed by atoms with Crippen LogP contribution in [-0.2, 0) is 9.53 Å². The van der Waals surface area contributed by atoms with Crippen LogP contribution in [-0.4, -0.2) is 19.7 Å². The van der Waals surface area contributed by atoms with Crippen molar-refractivity contribution < 1.29 is 14.3 Å². The van der Waals surface area contributed by atoms with Gasteiger partial charge in [0.05, 0.1) is 13.7 Å². The Morgan fingerprint density at radius 2 is 2.24 bits per heavy atom. The van der Waals surface area contributed by atoms with E-state index in [0.717, 1.165) is 12.0 Å². The Morgan fingerprint density at radius 1 is 1.47 bits per heavy atom. The Bertz CT molecular complexity index is 413. The van der Waals surface area contributed by atoms with Crippen molar-refractivity contribution in [1.82, 2.24) is 0 Å². The number of methoxy groups -OCH3 is 1. The maximum absolute atomic E-state index is 11.0. The van der Waals surface area contributed by atoms with Gasteiger partial charge in [0.2, 0.25) is 0 Å². The van der Waals surface area contributed by atoms with Crippen molar-refractivity contribution in [2.75, 3.05) is 13.7 Å². The van der Waals surface area contributed by atoms with E-state index in [2.05, 4.69) is 4.74 Å². The predicted octanol–water partition coefficient (Wildman–Crippen LogP) is 3.32. The fourth-order valence-corrected chi connectivity index (χ4v) is 1.40. The Labute approximate surface area is 106 Å². The van der Waals surface area contributed by atoms with Gasteiger partial charge in [0.15, 0.2) is 0 Å². The highest BCUT2D eigenvalue weighted by Gasteiger charge is 2.02. The molecule has 3 nitrogen and oxygen atoms in total. The highest BCUT2D eigenvalue weighted by atomic mass is 35.5. The zero-order valence-corrected chi connectivity index (χ0v) is 10.7. The van der Waals surface area contributed by atoms with Gasteiger partial charge in [-0.1, -0.05) is 18.5 Å². The zero-order valence-electron chi connectivity index (χ0n) is 9.90. The second kappa shape index (κ2) is 6.97. The summed E-state index contributed by atoms with van der Waals surface area (Å²) < 4.78 is 10.1. The van der Waals surface area contributed by atoms with Crippen molar-refractivity contribution in [2.24, 2.45) is 0 Å². The lowest BCUT2D eigenvalue weighted by atomic mass is 10.2. The van der Waals surface area contributed by atoms with E-state index in [1.807, 2.05) is 6.92 Å². The van der Waals surface area contributed by atoms with Crippen molar-refractivity contribution in [2.45, 2.75) is 13.3 Å². The Morgan fingerprint density at radius 3 is 2.88 bits per heavy atom. The summed E-state index contributed by atoms with van der Waals surface area (Å²) in [5.74, 6) is 0.294. The Hall–Kier alpha value is -1.48. The summed E-state index contributed by atoms with van der Waals surface area (Å²) >= 11 is 5.89. The number of benzene rings is 1. The molecule has 0 saturated heterocycles. The molecule has 0 amide bonds. The van der Waals surface area contributed by atoms with Crippen molar-refractivity contribution in [3.8, 4) is 5.75 Å².